The van der Waals surface area contributed by atoms with Crippen LogP contribution in [0.15, 0.2) is 36.4 Å². The van der Waals surface area contributed by atoms with Crippen molar-refractivity contribution in [2.75, 3.05) is 11.1 Å². The number of hydrogen-bond donors (Lipinski definition) is 2. The zero-order valence-electron chi connectivity index (χ0n) is 10.2. The fourth-order valence-corrected chi connectivity index (χ4v) is 1.81. The van der Waals surface area contributed by atoms with Crippen molar-refractivity contribution < 1.29 is 9.18 Å². The van der Waals surface area contributed by atoms with Crippen molar-refractivity contribution in [1.82, 2.24) is 0 Å². The first-order valence-corrected chi connectivity index (χ1v) is 5.97. The fraction of sp³-hybridized carbons (Fsp3) is 0.0714. The molecular weight excluding hydrogens is 267 g/mol. The van der Waals surface area contributed by atoms with Gasteiger partial charge >= 0.3 is 0 Å². The number of carbonyl (C=O) groups is 1. The van der Waals surface area contributed by atoms with Crippen LogP contribution in [0, 0.1) is 12.7 Å². The van der Waals surface area contributed by atoms with Gasteiger partial charge in [0.25, 0.3) is 5.91 Å². The van der Waals surface area contributed by atoms with Crippen LogP contribution >= 0.6 is 11.6 Å². The van der Waals surface area contributed by atoms with Gasteiger partial charge in [-0.1, -0.05) is 23.2 Å². The topological polar surface area (TPSA) is 55.1 Å². The summed E-state index contributed by atoms with van der Waals surface area (Å²) in [6.07, 6.45) is 0. The number of halogens is 2. The van der Waals surface area contributed by atoms with Gasteiger partial charge in [0.2, 0.25) is 0 Å². The SMILES string of the molecule is Cc1ccc(F)c(C(=O)Nc2cc(Cl)ccc2N)c1. The van der Waals surface area contributed by atoms with Gasteiger partial charge < -0.3 is 11.1 Å². The number of hydrogen-bond acceptors (Lipinski definition) is 2. The molecule has 0 unspecified atom stereocenters. The number of nitrogens with two attached hydrogens (primary N) is 1. The number of anilines is 2. The molecule has 2 aromatic carbocycles. The normalized spacial score (nSPS) is 10.3. The van der Waals surface area contributed by atoms with Crippen molar-refractivity contribution in [1.29, 1.82) is 0 Å². The van der Waals surface area contributed by atoms with Crippen LogP contribution < -0.4 is 11.1 Å². The maximum atomic E-state index is 13.6. The number of nitrogen functional groups attached to an aromatic ring is 1. The highest BCUT2D eigenvalue weighted by molar-refractivity contribution is 6.31. The highest BCUT2D eigenvalue weighted by Crippen LogP contribution is 2.24. The standard InChI is InChI=1S/C14H12ClFN2O/c1-8-2-4-11(16)10(6-8)14(19)18-13-7-9(15)3-5-12(13)17/h2-7H,17H2,1H3,(H,18,19). The summed E-state index contributed by atoms with van der Waals surface area (Å²) in [6.45, 7) is 1.78. The first-order valence-electron chi connectivity index (χ1n) is 5.60. The maximum absolute atomic E-state index is 13.6. The van der Waals surface area contributed by atoms with E-state index in [9.17, 15) is 9.18 Å². The Morgan fingerprint density at radius 2 is 2.00 bits per heavy atom. The summed E-state index contributed by atoms with van der Waals surface area (Å²) < 4.78 is 13.6. The molecule has 5 heteroatoms. The Morgan fingerprint density at radius 1 is 1.26 bits per heavy atom. The molecule has 0 atom stereocenters. The summed E-state index contributed by atoms with van der Waals surface area (Å²) >= 11 is 5.82. The van der Waals surface area contributed by atoms with Crippen LogP contribution in [0.2, 0.25) is 5.02 Å². The molecular formula is C14H12ClFN2O. The van der Waals surface area contributed by atoms with Crippen LogP contribution in [0.25, 0.3) is 0 Å². The third kappa shape index (κ3) is 3.03. The lowest BCUT2D eigenvalue weighted by Crippen LogP contribution is -2.15. The van der Waals surface area contributed by atoms with Crippen LogP contribution in [-0.4, -0.2) is 5.91 Å². The monoisotopic (exact) mass is 278 g/mol. The van der Waals surface area contributed by atoms with E-state index in [-0.39, 0.29) is 5.56 Å². The molecule has 0 radical (unpaired) electrons. The van der Waals surface area contributed by atoms with E-state index in [1.165, 1.54) is 18.2 Å². The molecule has 0 aromatic heterocycles. The van der Waals surface area contributed by atoms with Gasteiger partial charge in [-0.2, -0.15) is 0 Å². The summed E-state index contributed by atoms with van der Waals surface area (Å²) in [6, 6.07) is 9.03. The molecule has 2 aromatic rings. The Labute approximate surface area is 115 Å². The van der Waals surface area contributed by atoms with Crippen molar-refractivity contribution >= 4 is 28.9 Å². The third-order valence-electron chi connectivity index (χ3n) is 2.63. The molecule has 0 heterocycles. The molecule has 3 N–H and O–H groups in total. The molecule has 0 aliphatic carbocycles. The smallest absolute Gasteiger partial charge is 0.258 e. The lowest BCUT2D eigenvalue weighted by molar-refractivity contribution is 0.102. The number of aryl methyl sites for hydroxylation is 1. The zero-order valence-corrected chi connectivity index (χ0v) is 11.0. The second-order valence-electron chi connectivity index (χ2n) is 4.17. The van der Waals surface area contributed by atoms with Crippen LogP contribution in [-0.2, 0) is 0 Å². The summed E-state index contributed by atoms with van der Waals surface area (Å²) in [5.41, 5.74) is 7.21. The second-order valence-corrected chi connectivity index (χ2v) is 4.61. The predicted octanol–water partition coefficient (Wildman–Crippen LogP) is 3.62. The number of benzene rings is 2. The van der Waals surface area contributed by atoms with Crippen LogP contribution in [0.3, 0.4) is 0 Å². The number of nitrogens with one attached hydrogen (secondary N) is 1. The van der Waals surface area contributed by atoms with E-state index in [0.717, 1.165) is 5.56 Å². The van der Waals surface area contributed by atoms with Gasteiger partial charge in [0.05, 0.1) is 16.9 Å². The Morgan fingerprint density at radius 3 is 2.74 bits per heavy atom. The Kier molecular flexibility index (Phi) is 3.71. The van der Waals surface area contributed by atoms with E-state index in [1.54, 1.807) is 25.1 Å². The maximum Gasteiger partial charge on any atom is 0.258 e. The van der Waals surface area contributed by atoms with Gasteiger partial charge in [0, 0.05) is 5.02 Å². The van der Waals surface area contributed by atoms with Crippen molar-refractivity contribution in [3.05, 3.63) is 58.4 Å². The fourth-order valence-electron chi connectivity index (χ4n) is 1.64. The Bertz CT molecular complexity index is 643. The highest BCUT2D eigenvalue weighted by atomic mass is 35.5. The summed E-state index contributed by atoms with van der Waals surface area (Å²) in [7, 11) is 0. The minimum atomic E-state index is -0.580. The van der Waals surface area contributed by atoms with Gasteiger partial charge in [0.1, 0.15) is 5.82 Å². The van der Waals surface area contributed by atoms with Gasteiger partial charge in [-0.25, -0.2) is 4.39 Å². The van der Waals surface area contributed by atoms with Gasteiger partial charge in [-0.15, -0.1) is 0 Å². The molecule has 0 aliphatic rings. The average molecular weight is 279 g/mol. The molecule has 3 nitrogen and oxygen atoms in total. The molecule has 2 rings (SSSR count). The molecule has 0 aliphatic heterocycles. The van der Waals surface area contributed by atoms with E-state index in [2.05, 4.69) is 5.32 Å². The summed E-state index contributed by atoms with van der Waals surface area (Å²) in [4.78, 5) is 12.0. The Hall–Kier alpha value is -2.07. The van der Waals surface area contributed by atoms with Crippen LogP contribution in [0.1, 0.15) is 15.9 Å². The van der Waals surface area contributed by atoms with Crippen molar-refractivity contribution in [2.24, 2.45) is 0 Å². The number of carbonyl (C=O) groups excluding carboxylic acids is 1. The van der Waals surface area contributed by atoms with Gasteiger partial charge in [-0.3, -0.25) is 4.79 Å². The van der Waals surface area contributed by atoms with Crippen LogP contribution in [0.4, 0.5) is 15.8 Å². The summed E-state index contributed by atoms with van der Waals surface area (Å²) in [5.74, 6) is -1.14. The average Bonchev–Trinajstić information content (AvgIpc) is 2.36. The summed E-state index contributed by atoms with van der Waals surface area (Å²) in [5, 5.41) is 2.99. The van der Waals surface area contributed by atoms with Gasteiger partial charge in [-0.05, 0) is 37.3 Å². The molecule has 0 saturated carbocycles. The van der Waals surface area contributed by atoms with Crippen LogP contribution in [0.5, 0.6) is 0 Å². The zero-order chi connectivity index (χ0) is 14.0. The van der Waals surface area contributed by atoms with E-state index >= 15 is 0 Å². The number of rotatable bonds is 2. The quantitative estimate of drug-likeness (QED) is 0.824. The van der Waals surface area contributed by atoms with Crippen molar-refractivity contribution in [2.45, 2.75) is 6.92 Å². The molecule has 0 spiro atoms. The number of amides is 1. The Balaban J connectivity index is 2.30. The lowest BCUT2D eigenvalue weighted by atomic mass is 10.1. The van der Waals surface area contributed by atoms with Gasteiger partial charge in [0.15, 0.2) is 0 Å². The minimum Gasteiger partial charge on any atom is -0.397 e. The largest absolute Gasteiger partial charge is 0.397 e. The van der Waals surface area contributed by atoms with E-state index < -0.39 is 11.7 Å². The second kappa shape index (κ2) is 5.28. The molecule has 1 amide bonds. The first kappa shape index (κ1) is 13.4. The molecule has 0 fully saturated rings. The minimum absolute atomic E-state index is 0.0284. The van der Waals surface area contributed by atoms with E-state index in [1.807, 2.05) is 0 Å². The molecule has 0 saturated heterocycles. The van der Waals surface area contributed by atoms with Crippen molar-refractivity contribution in [3.63, 3.8) is 0 Å². The van der Waals surface area contributed by atoms with E-state index in [4.69, 9.17) is 17.3 Å². The molecule has 19 heavy (non-hydrogen) atoms. The predicted molar refractivity (Wildman–Crippen MR) is 75.0 cm³/mol. The molecule has 0 bridgehead atoms. The third-order valence-corrected chi connectivity index (χ3v) is 2.87. The first-order chi connectivity index (χ1) is 8.97. The molecule has 98 valence electrons. The lowest BCUT2D eigenvalue weighted by Gasteiger charge is -2.09. The van der Waals surface area contributed by atoms with Crippen molar-refractivity contribution in [3.8, 4) is 0 Å². The van der Waals surface area contributed by atoms with E-state index in [0.29, 0.717) is 16.4 Å². The highest BCUT2D eigenvalue weighted by Gasteiger charge is 2.13.